The van der Waals surface area contributed by atoms with E-state index in [0.717, 1.165) is 6.08 Å². The number of rotatable bonds is 1. The van der Waals surface area contributed by atoms with Crippen molar-refractivity contribution in [1.29, 1.82) is 5.26 Å². The maximum atomic E-state index is 12.6. The van der Waals surface area contributed by atoms with Crippen LogP contribution in [0.5, 0.6) is 0 Å². The van der Waals surface area contributed by atoms with Crippen LogP contribution in [0.1, 0.15) is 23.2 Å². The van der Waals surface area contributed by atoms with Crippen LogP contribution in [0.25, 0.3) is 0 Å². The molecule has 0 atom stereocenters. The molecule has 0 bridgehead atoms. The topological polar surface area (TPSA) is 52.8 Å². The quantitative estimate of drug-likeness (QED) is 0.743. The molecule has 20 heavy (non-hydrogen) atoms. The standard InChI is InChI=1S/C13H13F3N4/c1-8-9(2)18-19-12(11(8)7-17)20-5-3-10(4-6-20)13(14,15)16/h3H,4-6H2,1-2H3. The Morgan fingerprint density at radius 1 is 1.30 bits per heavy atom. The van der Waals surface area contributed by atoms with Gasteiger partial charge in [0.05, 0.1) is 5.69 Å². The van der Waals surface area contributed by atoms with Crippen LogP contribution >= 0.6 is 0 Å². The molecule has 0 spiro atoms. The molecular formula is C13H13F3N4. The van der Waals surface area contributed by atoms with Crippen LogP contribution < -0.4 is 4.90 Å². The predicted octanol–water partition coefficient (Wildman–Crippen LogP) is 2.66. The number of halogens is 3. The Morgan fingerprint density at radius 2 is 2.00 bits per heavy atom. The van der Waals surface area contributed by atoms with Gasteiger partial charge in [-0.15, -0.1) is 5.10 Å². The largest absolute Gasteiger partial charge is 0.412 e. The zero-order valence-corrected chi connectivity index (χ0v) is 11.1. The molecule has 0 unspecified atom stereocenters. The summed E-state index contributed by atoms with van der Waals surface area (Å²) in [6, 6.07) is 2.06. The molecule has 0 aromatic carbocycles. The summed E-state index contributed by atoms with van der Waals surface area (Å²) in [5, 5.41) is 17.1. The highest BCUT2D eigenvalue weighted by atomic mass is 19.4. The lowest BCUT2D eigenvalue weighted by Crippen LogP contribution is -2.33. The molecule has 2 rings (SSSR count). The molecule has 7 heteroatoms. The van der Waals surface area contributed by atoms with Gasteiger partial charge in [-0.2, -0.15) is 23.5 Å². The number of hydrogen-bond donors (Lipinski definition) is 0. The normalized spacial score (nSPS) is 15.8. The summed E-state index contributed by atoms with van der Waals surface area (Å²) < 4.78 is 37.7. The molecule has 106 valence electrons. The van der Waals surface area contributed by atoms with Gasteiger partial charge in [0.15, 0.2) is 5.82 Å². The Balaban J connectivity index is 2.31. The first-order valence-electron chi connectivity index (χ1n) is 6.09. The third kappa shape index (κ3) is 2.59. The SMILES string of the molecule is Cc1nnc(N2CC=C(C(F)(F)F)CC2)c(C#N)c1C. The fraction of sp³-hybridized carbons (Fsp3) is 0.462. The molecule has 1 aromatic heterocycles. The highest BCUT2D eigenvalue weighted by Gasteiger charge is 2.35. The number of nitriles is 1. The van der Waals surface area contributed by atoms with E-state index in [1.165, 1.54) is 0 Å². The van der Waals surface area contributed by atoms with Crippen molar-refractivity contribution in [3.8, 4) is 6.07 Å². The minimum atomic E-state index is -4.28. The fourth-order valence-electron chi connectivity index (χ4n) is 2.07. The van der Waals surface area contributed by atoms with Crippen molar-refractivity contribution in [2.24, 2.45) is 0 Å². The van der Waals surface area contributed by atoms with E-state index >= 15 is 0 Å². The summed E-state index contributed by atoms with van der Waals surface area (Å²) in [6.45, 7) is 3.76. The third-order valence-electron chi connectivity index (χ3n) is 3.42. The van der Waals surface area contributed by atoms with Gasteiger partial charge in [-0.25, -0.2) is 0 Å². The molecule has 0 aliphatic carbocycles. The first kappa shape index (κ1) is 14.3. The Kier molecular flexibility index (Phi) is 3.66. The second kappa shape index (κ2) is 5.12. The van der Waals surface area contributed by atoms with E-state index < -0.39 is 11.7 Å². The summed E-state index contributed by atoms with van der Waals surface area (Å²) in [7, 11) is 0. The van der Waals surface area contributed by atoms with Crippen molar-refractivity contribution < 1.29 is 13.2 Å². The molecule has 0 saturated carbocycles. The van der Waals surface area contributed by atoms with Gasteiger partial charge in [0.2, 0.25) is 0 Å². The number of aryl methyl sites for hydroxylation is 1. The molecule has 1 aromatic rings. The molecule has 1 aliphatic heterocycles. The van der Waals surface area contributed by atoms with Gasteiger partial charge in [-0.1, -0.05) is 6.08 Å². The molecular weight excluding hydrogens is 269 g/mol. The summed E-state index contributed by atoms with van der Waals surface area (Å²) in [4.78, 5) is 1.65. The van der Waals surface area contributed by atoms with E-state index in [1.54, 1.807) is 18.7 Å². The minimum Gasteiger partial charge on any atom is -0.350 e. The van der Waals surface area contributed by atoms with E-state index in [9.17, 15) is 18.4 Å². The average Bonchev–Trinajstić information content (AvgIpc) is 2.41. The summed E-state index contributed by atoms with van der Waals surface area (Å²) in [5.74, 6) is 0.355. The maximum absolute atomic E-state index is 12.6. The van der Waals surface area contributed by atoms with Gasteiger partial charge in [0.25, 0.3) is 0 Å². The number of alkyl halides is 3. The zero-order chi connectivity index (χ0) is 14.9. The lowest BCUT2D eigenvalue weighted by Gasteiger charge is -2.28. The highest BCUT2D eigenvalue weighted by molar-refractivity contribution is 5.58. The van der Waals surface area contributed by atoms with Crippen molar-refractivity contribution in [3.63, 3.8) is 0 Å². The van der Waals surface area contributed by atoms with Crippen molar-refractivity contribution in [2.75, 3.05) is 18.0 Å². The van der Waals surface area contributed by atoms with Crippen LogP contribution in [0, 0.1) is 25.2 Å². The fourth-order valence-corrected chi connectivity index (χ4v) is 2.07. The molecule has 0 fully saturated rings. The average molecular weight is 282 g/mol. The van der Waals surface area contributed by atoms with Gasteiger partial charge in [0.1, 0.15) is 11.6 Å². The predicted molar refractivity (Wildman–Crippen MR) is 67.2 cm³/mol. The van der Waals surface area contributed by atoms with E-state index in [2.05, 4.69) is 16.3 Å². The Bertz CT molecular complexity index is 599. The van der Waals surface area contributed by atoms with E-state index in [1.807, 2.05) is 0 Å². The van der Waals surface area contributed by atoms with E-state index in [-0.39, 0.29) is 19.5 Å². The zero-order valence-electron chi connectivity index (χ0n) is 11.1. The summed E-state index contributed by atoms with van der Waals surface area (Å²) in [5.41, 5.74) is 1.21. The van der Waals surface area contributed by atoms with Crippen molar-refractivity contribution in [1.82, 2.24) is 10.2 Å². The minimum absolute atomic E-state index is 0.0840. The van der Waals surface area contributed by atoms with Crippen LogP contribution in [-0.4, -0.2) is 29.5 Å². The summed E-state index contributed by atoms with van der Waals surface area (Å²) >= 11 is 0. The Labute approximate surface area is 114 Å². The summed E-state index contributed by atoms with van der Waals surface area (Å²) in [6.07, 6.45) is -3.25. The molecule has 4 nitrogen and oxygen atoms in total. The number of anilines is 1. The van der Waals surface area contributed by atoms with Crippen molar-refractivity contribution in [3.05, 3.63) is 28.5 Å². The second-order valence-electron chi connectivity index (χ2n) is 4.64. The number of hydrogen-bond acceptors (Lipinski definition) is 4. The Hall–Kier alpha value is -2.10. The second-order valence-corrected chi connectivity index (χ2v) is 4.64. The first-order chi connectivity index (χ1) is 9.34. The van der Waals surface area contributed by atoms with Crippen LogP contribution in [0.15, 0.2) is 11.6 Å². The van der Waals surface area contributed by atoms with E-state index in [4.69, 9.17) is 0 Å². The molecule has 0 amide bonds. The van der Waals surface area contributed by atoms with Gasteiger partial charge < -0.3 is 4.90 Å². The van der Waals surface area contributed by atoms with Gasteiger partial charge in [0, 0.05) is 18.7 Å². The molecule has 2 heterocycles. The lowest BCUT2D eigenvalue weighted by atomic mass is 10.1. The Morgan fingerprint density at radius 3 is 2.50 bits per heavy atom. The van der Waals surface area contributed by atoms with Crippen molar-refractivity contribution >= 4 is 5.82 Å². The van der Waals surface area contributed by atoms with Crippen LogP contribution in [-0.2, 0) is 0 Å². The molecule has 0 radical (unpaired) electrons. The molecule has 1 aliphatic rings. The van der Waals surface area contributed by atoms with Gasteiger partial charge >= 0.3 is 6.18 Å². The smallest absolute Gasteiger partial charge is 0.350 e. The maximum Gasteiger partial charge on any atom is 0.412 e. The number of aromatic nitrogens is 2. The molecule has 0 N–H and O–H groups in total. The van der Waals surface area contributed by atoms with Crippen LogP contribution in [0.3, 0.4) is 0 Å². The monoisotopic (exact) mass is 282 g/mol. The lowest BCUT2D eigenvalue weighted by molar-refractivity contribution is -0.0944. The highest BCUT2D eigenvalue weighted by Crippen LogP contribution is 2.32. The van der Waals surface area contributed by atoms with Gasteiger partial charge in [-0.3, -0.25) is 0 Å². The van der Waals surface area contributed by atoms with Crippen LogP contribution in [0.4, 0.5) is 19.0 Å². The van der Waals surface area contributed by atoms with Gasteiger partial charge in [-0.05, 0) is 25.8 Å². The van der Waals surface area contributed by atoms with Crippen LogP contribution in [0.2, 0.25) is 0 Å². The first-order valence-corrected chi connectivity index (χ1v) is 6.09. The number of nitrogens with zero attached hydrogens (tertiary/aromatic N) is 4. The molecule has 0 saturated heterocycles. The van der Waals surface area contributed by atoms with E-state index in [0.29, 0.717) is 22.6 Å². The van der Waals surface area contributed by atoms with Crippen molar-refractivity contribution in [2.45, 2.75) is 26.4 Å². The third-order valence-corrected chi connectivity index (χ3v) is 3.42.